The number of anilines is 1. The van der Waals surface area contributed by atoms with Gasteiger partial charge in [-0.25, -0.2) is 4.39 Å². The summed E-state index contributed by atoms with van der Waals surface area (Å²) in [5.74, 6) is -0.819. The predicted molar refractivity (Wildman–Crippen MR) is 114 cm³/mol. The number of halogens is 2. The second kappa shape index (κ2) is 8.34. The SMILES string of the molecule is Cc1ccc(Cl)cc1NC(=O)/C(C#N)=C\c1cc(C)n(-c2ccc(F)cc2)c1C. The van der Waals surface area contributed by atoms with E-state index in [4.69, 9.17) is 11.6 Å². The minimum atomic E-state index is -0.510. The number of rotatable bonds is 4. The van der Waals surface area contributed by atoms with Crippen LogP contribution < -0.4 is 5.32 Å². The normalized spacial score (nSPS) is 11.2. The molecule has 29 heavy (non-hydrogen) atoms. The van der Waals surface area contributed by atoms with Crippen LogP contribution in [0, 0.1) is 37.9 Å². The van der Waals surface area contributed by atoms with Crippen molar-refractivity contribution < 1.29 is 9.18 Å². The average molecular weight is 408 g/mol. The monoisotopic (exact) mass is 407 g/mol. The van der Waals surface area contributed by atoms with Crippen molar-refractivity contribution in [2.24, 2.45) is 0 Å². The van der Waals surface area contributed by atoms with Crippen LogP contribution in [0.15, 0.2) is 54.1 Å². The zero-order valence-electron chi connectivity index (χ0n) is 16.3. The van der Waals surface area contributed by atoms with Crippen LogP contribution in [0.5, 0.6) is 0 Å². The summed E-state index contributed by atoms with van der Waals surface area (Å²) in [5, 5.41) is 12.8. The summed E-state index contributed by atoms with van der Waals surface area (Å²) >= 11 is 6.00. The number of aromatic nitrogens is 1. The molecule has 3 aromatic rings. The van der Waals surface area contributed by atoms with Crippen molar-refractivity contribution in [1.29, 1.82) is 5.26 Å². The second-order valence-corrected chi connectivity index (χ2v) is 7.16. The zero-order chi connectivity index (χ0) is 21.1. The van der Waals surface area contributed by atoms with Gasteiger partial charge in [0.15, 0.2) is 0 Å². The van der Waals surface area contributed by atoms with Crippen molar-refractivity contribution in [1.82, 2.24) is 4.57 Å². The van der Waals surface area contributed by atoms with Gasteiger partial charge in [-0.1, -0.05) is 17.7 Å². The van der Waals surface area contributed by atoms with Gasteiger partial charge in [0.1, 0.15) is 17.5 Å². The maximum Gasteiger partial charge on any atom is 0.266 e. The fourth-order valence-corrected chi connectivity index (χ4v) is 3.32. The van der Waals surface area contributed by atoms with Gasteiger partial charge in [-0.05, 0) is 80.4 Å². The molecule has 0 aliphatic carbocycles. The molecule has 0 aliphatic heterocycles. The Labute approximate surface area is 173 Å². The van der Waals surface area contributed by atoms with Crippen molar-refractivity contribution in [3.05, 3.63) is 87.5 Å². The third-order valence-electron chi connectivity index (χ3n) is 4.67. The van der Waals surface area contributed by atoms with E-state index in [0.29, 0.717) is 10.7 Å². The minimum absolute atomic E-state index is 0.0243. The molecule has 0 saturated heterocycles. The first-order valence-corrected chi connectivity index (χ1v) is 9.32. The van der Waals surface area contributed by atoms with E-state index in [1.807, 2.05) is 37.5 Å². The van der Waals surface area contributed by atoms with E-state index in [9.17, 15) is 14.4 Å². The van der Waals surface area contributed by atoms with E-state index in [-0.39, 0.29) is 11.4 Å². The Kier molecular flexibility index (Phi) is 5.86. The number of nitriles is 1. The molecule has 0 atom stereocenters. The van der Waals surface area contributed by atoms with Crippen molar-refractivity contribution >= 4 is 29.3 Å². The predicted octanol–water partition coefficient (Wildman–Crippen LogP) is 5.74. The van der Waals surface area contributed by atoms with Crippen LogP contribution in [-0.2, 0) is 4.79 Å². The molecule has 0 aliphatic rings. The number of aryl methyl sites for hydroxylation is 2. The molecule has 146 valence electrons. The van der Waals surface area contributed by atoms with Crippen LogP contribution >= 0.6 is 11.6 Å². The van der Waals surface area contributed by atoms with E-state index in [2.05, 4.69) is 5.32 Å². The highest BCUT2D eigenvalue weighted by Gasteiger charge is 2.15. The summed E-state index contributed by atoms with van der Waals surface area (Å²) in [7, 11) is 0. The van der Waals surface area contributed by atoms with Gasteiger partial charge in [0.05, 0.1) is 0 Å². The maximum atomic E-state index is 13.2. The largest absolute Gasteiger partial charge is 0.321 e. The Balaban J connectivity index is 1.94. The van der Waals surface area contributed by atoms with Crippen LogP contribution in [0.25, 0.3) is 11.8 Å². The molecule has 0 fully saturated rings. The molecule has 0 bridgehead atoms. The number of carbonyl (C=O) groups is 1. The molecule has 6 heteroatoms. The molecule has 1 N–H and O–H groups in total. The Morgan fingerprint density at radius 2 is 1.83 bits per heavy atom. The smallest absolute Gasteiger partial charge is 0.266 e. The van der Waals surface area contributed by atoms with E-state index in [1.54, 1.807) is 36.4 Å². The number of benzene rings is 2. The van der Waals surface area contributed by atoms with Gasteiger partial charge in [-0.15, -0.1) is 0 Å². The van der Waals surface area contributed by atoms with Gasteiger partial charge in [-0.3, -0.25) is 4.79 Å². The first-order chi connectivity index (χ1) is 13.8. The van der Waals surface area contributed by atoms with E-state index >= 15 is 0 Å². The highest BCUT2D eigenvalue weighted by Crippen LogP contribution is 2.24. The Morgan fingerprint density at radius 3 is 2.48 bits per heavy atom. The number of hydrogen-bond acceptors (Lipinski definition) is 2. The fourth-order valence-electron chi connectivity index (χ4n) is 3.14. The molecular formula is C23H19ClFN3O. The van der Waals surface area contributed by atoms with Crippen LogP contribution in [0.4, 0.5) is 10.1 Å². The number of carbonyl (C=O) groups excluding carboxylic acids is 1. The Hall–Kier alpha value is -3.36. The number of nitrogens with zero attached hydrogens (tertiary/aromatic N) is 2. The molecule has 0 unspecified atom stereocenters. The number of hydrogen-bond donors (Lipinski definition) is 1. The molecule has 2 aromatic carbocycles. The van der Waals surface area contributed by atoms with Crippen LogP contribution in [-0.4, -0.2) is 10.5 Å². The molecule has 1 aromatic heterocycles. The minimum Gasteiger partial charge on any atom is -0.321 e. The third kappa shape index (κ3) is 4.39. The summed E-state index contributed by atoms with van der Waals surface area (Å²) in [5.41, 5.74) is 4.66. The molecule has 0 saturated carbocycles. The van der Waals surface area contributed by atoms with Crippen LogP contribution in [0.1, 0.15) is 22.5 Å². The first-order valence-electron chi connectivity index (χ1n) is 8.94. The quantitative estimate of drug-likeness (QED) is 0.442. The Bertz CT molecular complexity index is 1150. The summed E-state index contributed by atoms with van der Waals surface area (Å²) in [4.78, 5) is 12.6. The molecule has 0 radical (unpaired) electrons. The lowest BCUT2D eigenvalue weighted by atomic mass is 10.1. The summed E-state index contributed by atoms with van der Waals surface area (Å²) < 4.78 is 15.2. The molecule has 1 heterocycles. The first kappa shape index (κ1) is 20.4. The van der Waals surface area contributed by atoms with E-state index in [0.717, 1.165) is 28.2 Å². The molecule has 1 amide bonds. The van der Waals surface area contributed by atoms with Crippen molar-refractivity contribution in [3.8, 4) is 11.8 Å². The van der Waals surface area contributed by atoms with Gasteiger partial charge in [-0.2, -0.15) is 5.26 Å². The van der Waals surface area contributed by atoms with Crippen molar-refractivity contribution in [3.63, 3.8) is 0 Å². The van der Waals surface area contributed by atoms with Crippen molar-refractivity contribution in [2.45, 2.75) is 20.8 Å². The molecule has 3 rings (SSSR count). The summed E-state index contributed by atoms with van der Waals surface area (Å²) in [6.07, 6.45) is 1.55. The highest BCUT2D eigenvalue weighted by atomic mass is 35.5. The standard InChI is InChI=1S/C23H19ClFN3O/c1-14-4-5-19(24)12-22(14)27-23(29)18(13-26)11-17-10-15(2)28(16(17)3)21-8-6-20(25)7-9-21/h4-12H,1-3H3,(H,27,29)/b18-11-. The zero-order valence-corrected chi connectivity index (χ0v) is 17.0. The van der Waals surface area contributed by atoms with Crippen LogP contribution in [0.2, 0.25) is 5.02 Å². The van der Waals surface area contributed by atoms with Crippen LogP contribution in [0.3, 0.4) is 0 Å². The fraction of sp³-hybridized carbons (Fsp3) is 0.130. The van der Waals surface area contributed by atoms with Gasteiger partial charge < -0.3 is 9.88 Å². The lowest BCUT2D eigenvalue weighted by Crippen LogP contribution is -2.14. The highest BCUT2D eigenvalue weighted by molar-refractivity contribution is 6.31. The van der Waals surface area contributed by atoms with Crippen molar-refractivity contribution in [2.75, 3.05) is 5.32 Å². The second-order valence-electron chi connectivity index (χ2n) is 6.72. The molecule has 0 spiro atoms. The van der Waals surface area contributed by atoms with Gasteiger partial charge in [0, 0.05) is 27.8 Å². The van der Waals surface area contributed by atoms with E-state index in [1.165, 1.54) is 12.1 Å². The number of amides is 1. The summed E-state index contributed by atoms with van der Waals surface area (Å²) in [6.45, 7) is 5.64. The number of nitrogens with one attached hydrogen (secondary N) is 1. The summed E-state index contributed by atoms with van der Waals surface area (Å²) in [6, 6.07) is 15.2. The van der Waals surface area contributed by atoms with Gasteiger partial charge in [0.2, 0.25) is 0 Å². The van der Waals surface area contributed by atoms with Gasteiger partial charge >= 0.3 is 0 Å². The Morgan fingerprint density at radius 1 is 1.14 bits per heavy atom. The topological polar surface area (TPSA) is 57.8 Å². The average Bonchev–Trinajstić information content (AvgIpc) is 2.96. The molecular weight excluding hydrogens is 389 g/mol. The van der Waals surface area contributed by atoms with E-state index < -0.39 is 5.91 Å². The van der Waals surface area contributed by atoms with Gasteiger partial charge in [0.25, 0.3) is 5.91 Å². The molecule has 4 nitrogen and oxygen atoms in total. The third-order valence-corrected chi connectivity index (χ3v) is 4.90. The lowest BCUT2D eigenvalue weighted by molar-refractivity contribution is -0.112. The lowest BCUT2D eigenvalue weighted by Gasteiger charge is -2.10. The maximum absolute atomic E-state index is 13.2.